The van der Waals surface area contributed by atoms with Crippen LogP contribution in [0, 0.1) is 6.92 Å². The zero-order valence-corrected chi connectivity index (χ0v) is 18.5. The van der Waals surface area contributed by atoms with E-state index in [2.05, 4.69) is 20.9 Å². The number of imidazole rings is 1. The Morgan fingerprint density at radius 1 is 1.31 bits per heavy atom. The van der Waals surface area contributed by atoms with Crippen molar-refractivity contribution in [1.82, 2.24) is 9.38 Å². The summed E-state index contributed by atoms with van der Waals surface area (Å²) in [5.74, 6) is -1.09. The van der Waals surface area contributed by atoms with Crippen molar-refractivity contribution in [1.29, 1.82) is 0 Å². The highest BCUT2D eigenvalue weighted by molar-refractivity contribution is 9.10. The van der Waals surface area contributed by atoms with Gasteiger partial charge in [-0.25, -0.2) is 4.98 Å². The van der Waals surface area contributed by atoms with Gasteiger partial charge in [0, 0.05) is 23.7 Å². The van der Waals surface area contributed by atoms with E-state index >= 15 is 0 Å². The van der Waals surface area contributed by atoms with Crippen molar-refractivity contribution >= 4 is 62.3 Å². The second-order valence-corrected chi connectivity index (χ2v) is 7.74. The molecular formula is C19H16BrCl2N3O4. The molecule has 152 valence electrons. The third-order valence-electron chi connectivity index (χ3n) is 4.22. The van der Waals surface area contributed by atoms with Crippen molar-refractivity contribution < 1.29 is 19.4 Å². The second kappa shape index (κ2) is 8.61. The number of benzene rings is 1. The molecule has 0 unspecified atom stereocenters. The van der Waals surface area contributed by atoms with E-state index in [9.17, 15) is 9.59 Å². The molecule has 0 atom stereocenters. The Hall–Kier alpha value is -2.29. The number of carboxylic acid groups (broad SMARTS) is 1. The summed E-state index contributed by atoms with van der Waals surface area (Å²) in [6.07, 6.45) is 1.85. The van der Waals surface area contributed by atoms with Crippen LogP contribution in [-0.2, 0) is 16.2 Å². The van der Waals surface area contributed by atoms with E-state index < -0.39 is 18.4 Å². The molecule has 7 nitrogen and oxygen atoms in total. The fourth-order valence-corrected chi connectivity index (χ4v) is 3.77. The number of amides is 1. The molecular weight excluding hydrogens is 485 g/mol. The van der Waals surface area contributed by atoms with Crippen LogP contribution in [0.2, 0.25) is 10.0 Å². The third kappa shape index (κ3) is 4.34. The number of nitrogens with zero attached hydrogens (tertiary/aromatic N) is 3. The number of aryl methyl sites for hydroxylation is 1. The summed E-state index contributed by atoms with van der Waals surface area (Å²) in [4.78, 5) is 28.6. The molecule has 2 aromatic heterocycles. The average Bonchev–Trinajstić information content (AvgIpc) is 2.95. The van der Waals surface area contributed by atoms with Crippen LogP contribution >= 0.6 is 39.1 Å². The topological polar surface area (TPSA) is 84.1 Å². The maximum atomic E-state index is 11.9. The summed E-state index contributed by atoms with van der Waals surface area (Å²) in [6, 6.07) is 6.65. The predicted octanol–water partition coefficient (Wildman–Crippen LogP) is 4.73. The number of carboxylic acids is 1. The molecule has 3 aromatic rings. The summed E-state index contributed by atoms with van der Waals surface area (Å²) in [7, 11) is 0. The lowest BCUT2D eigenvalue weighted by Gasteiger charge is -2.22. The first-order chi connectivity index (χ1) is 13.7. The summed E-state index contributed by atoms with van der Waals surface area (Å²) in [5, 5.41) is 9.58. The first-order valence-electron chi connectivity index (χ1n) is 8.43. The van der Waals surface area contributed by atoms with E-state index in [0.717, 1.165) is 15.2 Å². The number of pyridine rings is 1. The Morgan fingerprint density at radius 3 is 2.69 bits per heavy atom. The molecule has 0 fully saturated rings. The van der Waals surface area contributed by atoms with Gasteiger partial charge in [0.1, 0.15) is 17.8 Å². The van der Waals surface area contributed by atoms with Crippen LogP contribution in [0.25, 0.3) is 5.65 Å². The van der Waals surface area contributed by atoms with E-state index in [0.29, 0.717) is 22.0 Å². The number of halogens is 3. The van der Waals surface area contributed by atoms with E-state index in [-0.39, 0.29) is 17.3 Å². The minimum atomic E-state index is -1.16. The van der Waals surface area contributed by atoms with Gasteiger partial charge in [-0.15, -0.1) is 0 Å². The zero-order valence-electron chi connectivity index (χ0n) is 15.4. The fraction of sp³-hybridized carbons (Fsp3) is 0.211. The minimum Gasteiger partial charge on any atom is -0.485 e. The van der Waals surface area contributed by atoms with Gasteiger partial charge < -0.3 is 9.84 Å². The number of carbonyl (C=O) groups is 2. The highest BCUT2D eigenvalue weighted by Crippen LogP contribution is 2.35. The Balaban J connectivity index is 1.95. The van der Waals surface area contributed by atoms with Crippen LogP contribution < -0.4 is 9.64 Å². The molecule has 0 aliphatic heterocycles. The van der Waals surface area contributed by atoms with Crippen LogP contribution in [-0.4, -0.2) is 32.9 Å². The van der Waals surface area contributed by atoms with E-state index in [1.165, 1.54) is 13.0 Å². The van der Waals surface area contributed by atoms with Crippen molar-refractivity contribution in [2.45, 2.75) is 20.5 Å². The number of hydrogen-bond donors (Lipinski definition) is 1. The van der Waals surface area contributed by atoms with Gasteiger partial charge >= 0.3 is 5.97 Å². The number of aromatic nitrogens is 2. The lowest BCUT2D eigenvalue weighted by atomic mass is 10.2. The summed E-state index contributed by atoms with van der Waals surface area (Å²) >= 11 is 16.2. The number of aliphatic carboxylic acids is 1. The largest absolute Gasteiger partial charge is 0.485 e. The highest BCUT2D eigenvalue weighted by Gasteiger charge is 2.21. The summed E-state index contributed by atoms with van der Waals surface area (Å²) < 4.78 is 8.58. The minimum absolute atomic E-state index is 0.00746. The van der Waals surface area contributed by atoms with Crippen LogP contribution in [0.15, 0.2) is 35.1 Å². The number of carbonyl (C=O) groups excluding carboxylic acids is 1. The number of hydrogen-bond acceptors (Lipinski definition) is 4. The number of fused-ring (bicyclic) bond motifs is 1. The molecule has 0 bridgehead atoms. The summed E-state index contributed by atoms with van der Waals surface area (Å²) in [5.41, 5.74) is 2.12. The number of rotatable bonds is 6. The molecule has 0 saturated carbocycles. The first kappa shape index (κ1) is 21.4. The molecule has 1 N–H and O–H groups in total. The van der Waals surface area contributed by atoms with Gasteiger partial charge in [-0.2, -0.15) is 0 Å². The van der Waals surface area contributed by atoms with Gasteiger partial charge in [0.15, 0.2) is 11.4 Å². The number of ether oxygens (including phenoxy) is 1. The Labute approximate surface area is 184 Å². The molecule has 1 aromatic carbocycles. The van der Waals surface area contributed by atoms with Crippen molar-refractivity contribution in [2.75, 3.05) is 11.4 Å². The summed E-state index contributed by atoms with van der Waals surface area (Å²) in [6.45, 7) is 2.63. The Bertz CT molecular complexity index is 1120. The molecule has 3 rings (SSSR count). The smallest absolute Gasteiger partial charge is 0.323 e. The highest BCUT2D eigenvalue weighted by atomic mass is 79.9. The van der Waals surface area contributed by atoms with Crippen LogP contribution in [0.1, 0.15) is 18.2 Å². The van der Waals surface area contributed by atoms with E-state index in [1.54, 1.807) is 12.1 Å². The van der Waals surface area contributed by atoms with Gasteiger partial charge in [0.05, 0.1) is 16.4 Å². The zero-order chi connectivity index (χ0) is 21.3. The molecule has 0 saturated heterocycles. The molecule has 1 amide bonds. The first-order valence-corrected chi connectivity index (χ1v) is 9.98. The van der Waals surface area contributed by atoms with Crippen LogP contribution in [0.4, 0.5) is 5.69 Å². The van der Waals surface area contributed by atoms with Gasteiger partial charge in [-0.3, -0.25) is 18.9 Å². The van der Waals surface area contributed by atoms with Crippen LogP contribution in [0.5, 0.6) is 5.75 Å². The van der Waals surface area contributed by atoms with E-state index in [4.69, 9.17) is 33.0 Å². The van der Waals surface area contributed by atoms with Crippen molar-refractivity contribution in [3.63, 3.8) is 0 Å². The van der Waals surface area contributed by atoms with Gasteiger partial charge in [0.2, 0.25) is 5.91 Å². The standard InChI is InChI=1S/C19H16BrCl2N3O4/c1-10-18(20)24-7-3-4-15(19(24)23-10)29-9-12-13(21)5-6-14(17(12)22)25(11(2)26)8-16(27)28/h3-7H,8-9H2,1-2H3,(H,27,28). The lowest BCUT2D eigenvalue weighted by molar-refractivity contribution is -0.136. The van der Waals surface area contributed by atoms with Crippen molar-refractivity contribution in [3.8, 4) is 5.75 Å². The Kier molecular flexibility index (Phi) is 6.36. The van der Waals surface area contributed by atoms with E-state index in [1.807, 2.05) is 23.6 Å². The molecule has 0 spiro atoms. The average molecular weight is 501 g/mol. The monoisotopic (exact) mass is 499 g/mol. The maximum absolute atomic E-state index is 11.9. The molecule has 2 heterocycles. The van der Waals surface area contributed by atoms with Gasteiger partial charge in [-0.05, 0) is 47.1 Å². The molecule has 0 aliphatic carbocycles. The quantitative estimate of drug-likeness (QED) is 0.529. The molecule has 0 radical (unpaired) electrons. The SMILES string of the molecule is CC(=O)N(CC(=O)O)c1ccc(Cl)c(COc2cccn3c(Br)c(C)nc23)c1Cl. The molecule has 29 heavy (non-hydrogen) atoms. The predicted molar refractivity (Wildman–Crippen MR) is 114 cm³/mol. The number of anilines is 1. The van der Waals surface area contributed by atoms with Gasteiger partial charge in [0.25, 0.3) is 0 Å². The lowest BCUT2D eigenvalue weighted by Crippen LogP contribution is -2.34. The Morgan fingerprint density at radius 2 is 2.03 bits per heavy atom. The molecule has 10 heteroatoms. The van der Waals surface area contributed by atoms with Crippen LogP contribution in [0.3, 0.4) is 0 Å². The van der Waals surface area contributed by atoms with Crippen molar-refractivity contribution in [3.05, 3.63) is 56.4 Å². The maximum Gasteiger partial charge on any atom is 0.323 e. The third-order valence-corrected chi connectivity index (χ3v) is 5.95. The van der Waals surface area contributed by atoms with Gasteiger partial charge in [-0.1, -0.05) is 23.2 Å². The second-order valence-electron chi connectivity index (χ2n) is 6.20. The normalized spacial score (nSPS) is 10.9. The van der Waals surface area contributed by atoms with Crippen molar-refractivity contribution in [2.24, 2.45) is 0 Å². The fourth-order valence-electron chi connectivity index (χ4n) is 2.82. The molecule has 0 aliphatic rings.